The quantitative estimate of drug-likeness (QED) is 0.344. The molecule has 2 fully saturated rings. The van der Waals surface area contributed by atoms with Gasteiger partial charge in [-0.3, -0.25) is 9.89 Å². The van der Waals surface area contributed by atoms with E-state index in [1.807, 2.05) is 23.6 Å². The molecule has 0 aliphatic carbocycles. The number of aliphatic imine (C=N–C) groups is 1. The van der Waals surface area contributed by atoms with Crippen LogP contribution in [0.1, 0.15) is 30.7 Å². The maximum absolute atomic E-state index is 5.10. The van der Waals surface area contributed by atoms with E-state index in [0.29, 0.717) is 6.04 Å². The van der Waals surface area contributed by atoms with Gasteiger partial charge in [-0.25, -0.2) is 4.98 Å². The summed E-state index contributed by atoms with van der Waals surface area (Å²) in [6.07, 6.45) is 4.48. The summed E-state index contributed by atoms with van der Waals surface area (Å²) in [6, 6.07) is 11.0. The molecule has 4 heterocycles. The zero-order valence-corrected chi connectivity index (χ0v) is 20.9. The lowest BCUT2D eigenvalue weighted by Crippen LogP contribution is -2.53. The third kappa shape index (κ3) is 5.85. The Bertz CT molecular complexity index is 755. The zero-order valence-electron chi connectivity index (χ0n) is 17.7. The van der Waals surface area contributed by atoms with Crippen LogP contribution in [-0.4, -0.2) is 73.1 Å². The number of guanidine groups is 1. The molecule has 0 aromatic carbocycles. The number of hydrogen-bond donors (Lipinski definition) is 1. The van der Waals surface area contributed by atoms with Gasteiger partial charge in [0, 0.05) is 43.8 Å². The molecule has 164 valence electrons. The van der Waals surface area contributed by atoms with Crippen LogP contribution in [0.4, 0.5) is 5.82 Å². The van der Waals surface area contributed by atoms with Crippen molar-refractivity contribution in [3.05, 3.63) is 46.8 Å². The number of anilines is 1. The Morgan fingerprint density at radius 3 is 2.53 bits per heavy atom. The molecule has 0 radical (unpaired) electrons. The number of hydrogen-bond acceptors (Lipinski definition) is 5. The maximum atomic E-state index is 5.10. The Hall–Kier alpha value is -1.39. The minimum absolute atomic E-state index is 0. The van der Waals surface area contributed by atoms with E-state index in [9.17, 15) is 0 Å². The Morgan fingerprint density at radius 1 is 1.10 bits per heavy atom. The van der Waals surface area contributed by atoms with E-state index in [0.717, 1.165) is 51.0 Å². The Labute approximate surface area is 201 Å². The number of aromatic nitrogens is 1. The van der Waals surface area contributed by atoms with Gasteiger partial charge in [0.05, 0.1) is 12.6 Å². The second kappa shape index (κ2) is 11.9. The van der Waals surface area contributed by atoms with Crippen LogP contribution in [0.25, 0.3) is 0 Å². The molecule has 8 heteroatoms. The monoisotopic (exact) mass is 540 g/mol. The minimum Gasteiger partial charge on any atom is -0.357 e. The molecular weight excluding hydrogens is 507 g/mol. The maximum Gasteiger partial charge on any atom is 0.194 e. The fourth-order valence-corrected chi connectivity index (χ4v) is 5.06. The van der Waals surface area contributed by atoms with Crippen molar-refractivity contribution in [2.24, 2.45) is 4.99 Å². The number of nitrogens with zero attached hydrogens (tertiary/aromatic N) is 5. The van der Waals surface area contributed by atoms with Gasteiger partial charge < -0.3 is 15.1 Å². The molecule has 30 heavy (non-hydrogen) atoms. The van der Waals surface area contributed by atoms with E-state index in [4.69, 9.17) is 4.99 Å². The average Bonchev–Trinajstić information content (AvgIpc) is 3.49. The van der Waals surface area contributed by atoms with Crippen LogP contribution in [0, 0.1) is 0 Å². The predicted molar refractivity (Wildman–Crippen MR) is 137 cm³/mol. The SMILES string of the molecule is CCNC(=NCC(c1cccs1)N1CCCC1)N1CCN(c2ccccn2)CC1.I. The molecule has 0 amide bonds. The summed E-state index contributed by atoms with van der Waals surface area (Å²) >= 11 is 1.86. The van der Waals surface area contributed by atoms with Crippen molar-refractivity contribution in [2.75, 3.05) is 57.3 Å². The van der Waals surface area contributed by atoms with Crippen LogP contribution in [0.15, 0.2) is 46.9 Å². The van der Waals surface area contributed by atoms with Crippen molar-refractivity contribution in [3.63, 3.8) is 0 Å². The topological polar surface area (TPSA) is 47.0 Å². The predicted octanol–water partition coefficient (Wildman–Crippen LogP) is 3.69. The normalized spacial score (nSPS) is 18.9. The second-order valence-corrected chi connectivity index (χ2v) is 8.61. The number of nitrogens with one attached hydrogen (secondary N) is 1. The zero-order chi connectivity index (χ0) is 19.9. The van der Waals surface area contributed by atoms with Gasteiger partial charge in [0.15, 0.2) is 5.96 Å². The van der Waals surface area contributed by atoms with E-state index in [2.05, 4.69) is 61.6 Å². The summed E-state index contributed by atoms with van der Waals surface area (Å²) in [7, 11) is 0. The van der Waals surface area contributed by atoms with Crippen molar-refractivity contribution in [2.45, 2.75) is 25.8 Å². The fraction of sp³-hybridized carbons (Fsp3) is 0.545. The summed E-state index contributed by atoms with van der Waals surface area (Å²) in [5.41, 5.74) is 0. The fourth-order valence-electron chi connectivity index (χ4n) is 4.21. The van der Waals surface area contributed by atoms with Crippen LogP contribution in [0.2, 0.25) is 0 Å². The number of rotatable bonds is 6. The van der Waals surface area contributed by atoms with Gasteiger partial charge >= 0.3 is 0 Å². The first kappa shape index (κ1) is 23.3. The number of piperazine rings is 1. The largest absolute Gasteiger partial charge is 0.357 e. The second-order valence-electron chi connectivity index (χ2n) is 7.63. The van der Waals surface area contributed by atoms with Crippen LogP contribution < -0.4 is 10.2 Å². The summed E-state index contributed by atoms with van der Waals surface area (Å²) in [5, 5.41) is 5.71. The Morgan fingerprint density at radius 2 is 1.90 bits per heavy atom. The average molecular weight is 541 g/mol. The lowest BCUT2D eigenvalue weighted by atomic mass is 10.2. The summed E-state index contributed by atoms with van der Waals surface area (Å²) in [5.74, 6) is 2.12. The Kier molecular flexibility index (Phi) is 9.20. The first-order valence-corrected chi connectivity index (χ1v) is 11.7. The van der Waals surface area contributed by atoms with Crippen molar-refractivity contribution in [1.29, 1.82) is 0 Å². The minimum atomic E-state index is 0. The highest BCUT2D eigenvalue weighted by molar-refractivity contribution is 14.0. The molecule has 4 rings (SSSR count). The molecule has 1 N–H and O–H groups in total. The molecule has 2 aliphatic rings. The van der Waals surface area contributed by atoms with E-state index < -0.39 is 0 Å². The lowest BCUT2D eigenvalue weighted by molar-refractivity contribution is 0.254. The molecule has 2 aliphatic heterocycles. The van der Waals surface area contributed by atoms with Gasteiger partial charge in [0.1, 0.15) is 5.82 Å². The van der Waals surface area contributed by atoms with Crippen molar-refractivity contribution < 1.29 is 0 Å². The third-order valence-corrected chi connectivity index (χ3v) is 6.73. The van der Waals surface area contributed by atoms with E-state index in [1.165, 1.54) is 30.8 Å². The molecule has 2 aromatic heterocycles. The highest BCUT2D eigenvalue weighted by Crippen LogP contribution is 2.28. The number of thiophene rings is 1. The molecular formula is C22H33IN6S. The highest BCUT2D eigenvalue weighted by Gasteiger charge is 2.25. The van der Waals surface area contributed by atoms with Gasteiger partial charge in [-0.2, -0.15) is 0 Å². The number of halogens is 1. The summed E-state index contributed by atoms with van der Waals surface area (Å²) in [4.78, 5) is 18.4. The van der Waals surface area contributed by atoms with Gasteiger partial charge in [-0.05, 0) is 56.4 Å². The van der Waals surface area contributed by atoms with E-state index >= 15 is 0 Å². The van der Waals surface area contributed by atoms with Gasteiger partial charge in [0.25, 0.3) is 0 Å². The smallest absolute Gasteiger partial charge is 0.194 e. The number of pyridine rings is 1. The molecule has 0 spiro atoms. The van der Waals surface area contributed by atoms with Crippen molar-refractivity contribution in [3.8, 4) is 0 Å². The molecule has 2 saturated heterocycles. The van der Waals surface area contributed by atoms with Gasteiger partial charge in [0.2, 0.25) is 0 Å². The summed E-state index contributed by atoms with van der Waals surface area (Å²) in [6.45, 7) is 10.1. The van der Waals surface area contributed by atoms with Crippen LogP contribution >= 0.6 is 35.3 Å². The standard InChI is InChI=1S/C22H32N6S.HI/c1-2-23-22(28-15-13-27(14-16-28)21-9-3-4-10-24-21)25-18-19(20-8-7-17-29-20)26-11-5-6-12-26;/h3-4,7-10,17,19H,2,5-6,11-16,18H2,1H3,(H,23,25);1H. The van der Waals surface area contributed by atoms with E-state index in [1.54, 1.807) is 0 Å². The van der Waals surface area contributed by atoms with Gasteiger partial charge in [-0.1, -0.05) is 12.1 Å². The third-order valence-electron chi connectivity index (χ3n) is 5.75. The van der Waals surface area contributed by atoms with E-state index in [-0.39, 0.29) is 24.0 Å². The number of likely N-dealkylation sites (tertiary alicyclic amines) is 1. The van der Waals surface area contributed by atoms with Crippen LogP contribution in [0.5, 0.6) is 0 Å². The first-order chi connectivity index (χ1) is 14.3. The molecule has 1 atom stereocenters. The van der Waals surface area contributed by atoms with Crippen molar-refractivity contribution in [1.82, 2.24) is 20.1 Å². The highest BCUT2D eigenvalue weighted by atomic mass is 127. The van der Waals surface area contributed by atoms with Crippen LogP contribution in [-0.2, 0) is 0 Å². The van der Waals surface area contributed by atoms with Gasteiger partial charge in [-0.15, -0.1) is 35.3 Å². The summed E-state index contributed by atoms with van der Waals surface area (Å²) < 4.78 is 0. The Balaban J connectivity index is 0.00000256. The molecule has 0 saturated carbocycles. The molecule has 0 bridgehead atoms. The van der Waals surface area contributed by atoms with Crippen molar-refractivity contribution >= 4 is 47.1 Å². The molecule has 2 aromatic rings. The first-order valence-electron chi connectivity index (χ1n) is 10.8. The molecule has 6 nitrogen and oxygen atoms in total. The lowest BCUT2D eigenvalue weighted by Gasteiger charge is -2.37. The van der Waals surface area contributed by atoms with Crippen LogP contribution in [0.3, 0.4) is 0 Å². The molecule has 1 unspecified atom stereocenters.